The van der Waals surface area contributed by atoms with E-state index in [9.17, 15) is 9.59 Å². The molecule has 0 spiro atoms. The Labute approximate surface area is 125 Å². The average molecular weight is 303 g/mol. The van der Waals surface area contributed by atoms with Crippen LogP contribution in [0.1, 0.15) is 22.7 Å². The predicted octanol–water partition coefficient (Wildman–Crippen LogP) is 0.733. The van der Waals surface area contributed by atoms with Gasteiger partial charge in [0.05, 0.1) is 6.04 Å². The first-order valence-electron chi connectivity index (χ1n) is 6.47. The maximum absolute atomic E-state index is 12.0. The lowest BCUT2D eigenvalue weighted by atomic mass is 10.2. The van der Waals surface area contributed by atoms with E-state index in [4.69, 9.17) is 0 Å². The van der Waals surface area contributed by atoms with Crippen LogP contribution in [0.15, 0.2) is 24.5 Å². The number of carbonyl (C=O) groups excluding carboxylic acids is 2. The lowest BCUT2D eigenvalue weighted by Crippen LogP contribution is -2.37. The highest BCUT2D eigenvalue weighted by molar-refractivity contribution is 8.14. The van der Waals surface area contributed by atoms with Crippen molar-refractivity contribution in [3.8, 4) is 5.82 Å². The molecule has 1 aliphatic rings. The molecule has 1 atom stereocenters. The maximum atomic E-state index is 12.0. The summed E-state index contributed by atoms with van der Waals surface area (Å²) in [4.78, 5) is 27.6. The highest BCUT2D eigenvalue weighted by Crippen LogP contribution is 2.19. The molecular formula is C13H13N5O2S. The van der Waals surface area contributed by atoms with Crippen molar-refractivity contribution in [1.29, 1.82) is 0 Å². The first kappa shape index (κ1) is 13.7. The van der Waals surface area contributed by atoms with E-state index >= 15 is 0 Å². The number of hydrogen-bond donors (Lipinski definition) is 1. The number of aromatic nitrogens is 4. The van der Waals surface area contributed by atoms with E-state index in [1.807, 2.05) is 6.92 Å². The molecule has 21 heavy (non-hydrogen) atoms. The third-order valence-corrected chi connectivity index (χ3v) is 4.21. The number of thioether (sulfide) groups is 1. The first-order chi connectivity index (χ1) is 10.1. The number of rotatable bonds is 3. The average Bonchev–Trinajstić information content (AvgIpc) is 3.08. The van der Waals surface area contributed by atoms with Crippen molar-refractivity contribution in [2.24, 2.45) is 0 Å². The Morgan fingerprint density at radius 1 is 1.43 bits per heavy atom. The van der Waals surface area contributed by atoms with Crippen molar-refractivity contribution in [3.63, 3.8) is 0 Å². The number of carbonyl (C=O) groups is 2. The van der Waals surface area contributed by atoms with Crippen LogP contribution in [0.25, 0.3) is 5.82 Å². The van der Waals surface area contributed by atoms with Crippen molar-refractivity contribution in [1.82, 2.24) is 25.1 Å². The SMILES string of the molecule is Cc1nccn1-c1ccc(C(=O)NC2CCSC2=O)nn1. The molecule has 3 heterocycles. The second-order valence-electron chi connectivity index (χ2n) is 4.60. The van der Waals surface area contributed by atoms with Crippen molar-refractivity contribution in [3.05, 3.63) is 36.0 Å². The molecule has 1 saturated heterocycles. The van der Waals surface area contributed by atoms with E-state index < -0.39 is 6.04 Å². The summed E-state index contributed by atoms with van der Waals surface area (Å²) in [7, 11) is 0. The number of nitrogens with zero attached hydrogens (tertiary/aromatic N) is 4. The second kappa shape index (κ2) is 5.65. The van der Waals surface area contributed by atoms with Crippen LogP contribution in [-0.2, 0) is 4.79 Å². The minimum atomic E-state index is -0.417. The fraction of sp³-hybridized carbons (Fsp3) is 0.308. The molecule has 7 nitrogen and oxygen atoms in total. The highest BCUT2D eigenvalue weighted by atomic mass is 32.2. The minimum Gasteiger partial charge on any atom is -0.340 e. The summed E-state index contributed by atoms with van der Waals surface area (Å²) in [6.07, 6.45) is 4.10. The summed E-state index contributed by atoms with van der Waals surface area (Å²) in [5.41, 5.74) is 0.196. The molecule has 0 radical (unpaired) electrons. The third kappa shape index (κ3) is 2.80. The van der Waals surface area contributed by atoms with E-state index in [1.54, 1.807) is 29.1 Å². The Hall–Kier alpha value is -2.22. The van der Waals surface area contributed by atoms with Gasteiger partial charge in [0, 0.05) is 18.1 Å². The van der Waals surface area contributed by atoms with E-state index in [-0.39, 0.29) is 16.7 Å². The summed E-state index contributed by atoms with van der Waals surface area (Å²) in [6, 6.07) is 2.87. The molecule has 8 heteroatoms. The Kier molecular flexibility index (Phi) is 3.70. The molecule has 1 N–H and O–H groups in total. The Bertz CT molecular complexity index is 682. The molecule has 108 valence electrons. The molecule has 0 saturated carbocycles. The van der Waals surface area contributed by atoms with Gasteiger partial charge in [-0.05, 0) is 25.5 Å². The second-order valence-corrected chi connectivity index (χ2v) is 5.70. The molecular weight excluding hydrogens is 290 g/mol. The van der Waals surface area contributed by atoms with Gasteiger partial charge in [-0.2, -0.15) is 0 Å². The Morgan fingerprint density at radius 3 is 2.86 bits per heavy atom. The van der Waals surface area contributed by atoms with Crippen LogP contribution >= 0.6 is 11.8 Å². The van der Waals surface area contributed by atoms with Gasteiger partial charge in [0.1, 0.15) is 5.82 Å². The molecule has 1 aliphatic heterocycles. The largest absolute Gasteiger partial charge is 0.340 e. The zero-order valence-corrected chi connectivity index (χ0v) is 12.1. The summed E-state index contributed by atoms with van der Waals surface area (Å²) >= 11 is 1.24. The summed E-state index contributed by atoms with van der Waals surface area (Å²) < 4.78 is 1.77. The number of amides is 1. The topological polar surface area (TPSA) is 89.8 Å². The van der Waals surface area contributed by atoms with Crippen LogP contribution in [0.3, 0.4) is 0 Å². The zero-order valence-electron chi connectivity index (χ0n) is 11.3. The number of nitrogens with one attached hydrogen (secondary N) is 1. The first-order valence-corrected chi connectivity index (χ1v) is 7.45. The molecule has 1 amide bonds. The molecule has 0 aromatic carbocycles. The zero-order chi connectivity index (χ0) is 14.8. The lowest BCUT2D eigenvalue weighted by molar-refractivity contribution is -0.112. The standard InChI is InChI=1S/C13H13N5O2S/c1-8-14-5-6-18(8)11-3-2-9(16-17-11)12(19)15-10-4-7-21-13(10)20/h2-3,5-6,10H,4,7H2,1H3,(H,15,19). The van der Waals surface area contributed by atoms with Gasteiger partial charge in [0.15, 0.2) is 11.5 Å². The molecule has 3 rings (SSSR count). The summed E-state index contributed by atoms with van der Waals surface area (Å²) in [5.74, 6) is 1.75. The van der Waals surface area contributed by atoms with E-state index in [2.05, 4.69) is 20.5 Å². The van der Waals surface area contributed by atoms with Gasteiger partial charge in [-0.15, -0.1) is 10.2 Å². The van der Waals surface area contributed by atoms with Crippen LogP contribution in [0, 0.1) is 6.92 Å². The molecule has 1 unspecified atom stereocenters. The van der Waals surface area contributed by atoms with Gasteiger partial charge >= 0.3 is 0 Å². The minimum absolute atomic E-state index is 0.00182. The molecule has 2 aromatic heterocycles. The summed E-state index contributed by atoms with van der Waals surface area (Å²) in [6.45, 7) is 1.85. The monoisotopic (exact) mass is 303 g/mol. The Balaban J connectivity index is 1.73. The highest BCUT2D eigenvalue weighted by Gasteiger charge is 2.27. The van der Waals surface area contributed by atoms with E-state index in [0.29, 0.717) is 12.2 Å². The van der Waals surface area contributed by atoms with E-state index in [0.717, 1.165) is 11.6 Å². The van der Waals surface area contributed by atoms with Crippen molar-refractivity contribution in [2.45, 2.75) is 19.4 Å². The van der Waals surface area contributed by atoms with Crippen LogP contribution in [0.2, 0.25) is 0 Å². The quantitative estimate of drug-likeness (QED) is 0.899. The van der Waals surface area contributed by atoms with Gasteiger partial charge in [-0.25, -0.2) is 4.98 Å². The van der Waals surface area contributed by atoms with Crippen LogP contribution in [0.4, 0.5) is 0 Å². The van der Waals surface area contributed by atoms with Crippen molar-refractivity contribution in [2.75, 3.05) is 5.75 Å². The predicted molar refractivity (Wildman–Crippen MR) is 77.2 cm³/mol. The molecule has 0 bridgehead atoms. The third-order valence-electron chi connectivity index (χ3n) is 3.20. The normalized spacial score (nSPS) is 18.0. The van der Waals surface area contributed by atoms with Gasteiger partial charge in [-0.3, -0.25) is 14.2 Å². The number of imidazole rings is 1. The number of hydrogen-bond acceptors (Lipinski definition) is 6. The lowest BCUT2D eigenvalue weighted by Gasteiger charge is -2.09. The Morgan fingerprint density at radius 2 is 2.29 bits per heavy atom. The fourth-order valence-corrected chi connectivity index (χ4v) is 2.99. The molecule has 1 fully saturated rings. The van der Waals surface area contributed by atoms with Gasteiger partial charge < -0.3 is 5.32 Å². The number of aryl methyl sites for hydroxylation is 1. The van der Waals surface area contributed by atoms with Crippen molar-refractivity contribution < 1.29 is 9.59 Å². The maximum Gasteiger partial charge on any atom is 0.272 e. The summed E-state index contributed by atoms with van der Waals surface area (Å²) in [5, 5.41) is 10.6. The van der Waals surface area contributed by atoms with Gasteiger partial charge in [0.25, 0.3) is 5.91 Å². The fourth-order valence-electron chi connectivity index (χ4n) is 2.05. The van der Waals surface area contributed by atoms with Gasteiger partial charge in [0.2, 0.25) is 5.12 Å². The van der Waals surface area contributed by atoms with Crippen LogP contribution < -0.4 is 5.32 Å². The van der Waals surface area contributed by atoms with Crippen LogP contribution in [0.5, 0.6) is 0 Å². The van der Waals surface area contributed by atoms with Crippen LogP contribution in [-0.4, -0.2) is 42.6 Å². The van der Waals surface area contributed by atoms with E-state index in [1.165, 1.54) is 11.8 Å². The molecule has 0 aliphatic carbocycles. The van der Waals surface area contributed by atoms with Gasteiger partial charge in [-0.1, -0.05) is 11.8 Å². The smallest absolute Gasteiger partial charge is 0.272 e. The van der Waals surface area contributed by atoms with Crippen molar-refractivity contribution >= 4 is 22.8 Å². The molecule has 2 aromatic rings.